The summed E-state index contributed by atoms with van der Waals surface area (Å²) in [5.74, 6) is -0.955. The Morgan fingerprint density at radius 1 is 1.79 bits per heavy atom. The van der Waals surface area contributed by atoms with Crippen molar-refractivity contribution in [2.75, 3.05) is 6.61 Å². The Hall–Kier alpha value is -1.43. The Balaban J connectivity index is 2.35. The maximum Gasteiger partial charge on any atom is 0.329 e. The monoisotopic (exact) mass is 199 g/mol. The van der Waals surface area contributed by atoms with Crippen LogP contribution in [0.2, 0.25) is 0 Å². The number of ether oxygens (including phenoxy) is 1. The summed E-state index contributed by atoms with van der Waals surface area (Å²) in [6.07, 6.45) is 2.89. The van der Waals surface area contributed by atoms with E-state index in [-0.39, 0.29) is 12.7 Å². The van der Waals surface area contributed by atoms with Gasteiger partial charge in [0.25, 0.3) is 0 Å². The van der Waals surface area contributed by atoms with Crippen molar-refractivity contribution < 1.29 is 14.6 Å². The van der Waals surface area contributed by atoms with Gasteiger partial charge in [-0.2, -0.15) is 0 Å². The predicted octanol–water partition coefficient (Wildman–Crippen LogP) is 0.227. The zero-order chi connectivity index (χ0) is 10.4. The first kappa shape index (κ1) is 10.6. The third kappa shape index (κ3) is 3.53. The smallest absolute Gasteiger partial charge is 0.329 e. The molecule has 0 amide bonds. The van der Waals surface area contributed by atoms with Gasteiger partial charge in [-0.15, -0.1) is 5.10 Å². The van der Waals surface area contributed by atoms with Gasteiger partial charge in [-0.25, -0.2) is 4.79 Å². The minimum atomic E-state index is -0.955. The van der Waals surface area contributed by atoms with Crippen LogP contribution in [0.4, 0.5) is 0 Å². The van der Waals surface area contributed by atoms with E-state index in [1.54, 1.807) is 6.20 Å². The number of hydrogen-bond donors (Lipinski definition) is 2. The van der Waals surface area contributed by atoms with Crippen LogP contribution in [-0.2, 0) is 16.0 Å². The van der Waals surface area contributed by atoms with Crippen LogP contribution in [0, 0.1) is 0 Å². The maximum absolute atomic E-state index is 10.3. The van der Waals surface area contributed by atoms with Crippen LogP contribution in [0.15, 0.2) is 6.20 Å². The molecule has 1 aromatic rings. The Bertz CT molecular complexity index is 273. The SMILES string of the molecule is CCC(Cc1c[nH]nn1)OCC(=O)O. The fourth-order valence-corrected chi connectivity index (χ4v) is 1.07. The zero-order valence-corrected chi connectivity index (χ0v) is 7.93. The second kappa shape index (κ2) is 5.33. The Kier molecular flexibility index (Phi) is 4.06. The van der Waals surface area contributed by atoms with Gasteiger partial charge in [-0.05, 0) is 6.42 Å². The molecular formula is C8H13N3O3. The van der Waals surface area contributed by atoms with Crippen molar-refractivity contribution in [3.05, 3.63) is 11.9 Å². The largest absolute Gasteiger partial charge is 0.480 e. The van der Waals surface area contributed by atoms with E-state index in [2.05, 4.69) is 15.4 Å². The lowest BCUT2D eigenvalue weighted by molar-refractivity contribution is -0.144. The van der Waals surface area contributed by atoms with E-state index in [4.69, 9.17) is 9.84 Å². The molecular weight excluding hydrogens is 186 g/mol. The van der Waals surface area contributed by atoms with Crippen molar-refractivity contribution in [3.63, 3.8) is 0 Å². The van der Waals surface area contributed by atoms with Crippen molar-refractivity contribution in [1.29, 1.82) is 0 Å². The van der Waals surface area contributed by atoms with Crippen LogP contribution in [0.25, 0.3) is 0 Å². The summed E-state index contributed by atoms with van der Waals surface area (Å²) < 4.78 is 5.14. The molecule has 0 bridgehead atoms. The molecule has 1 heterocycles. The van der Waals surface area contributed by atoms with Gasteiger partial charge in [0.2, 0.25) is 0 Å². The molecule has 6 nitrogen and oxygen atoms in total. The first-order valence-corrected chi connectivity index (χ1v) is 4.41. The number of aliphatic carboxylic acids is 1. The molecule has 0 fully saturated rings. The molecule has 0 aliphatic heterocycles. The van der Waals surface area contributed by atoms with Crippen molar-refractivity contribution in [2.24, 2.45) is 0 Å². The Morgan fingerprint density at radius 3 is 3.07 bits per heavy atom. The van der Waals surface area contributed by atoms with Gasteiger partial charge in [0.15, 0.2) is 0 Å². The number of rotatable bonds is 6. The van der Waals surface area contributed by atoms with Crippen LogP contribution < -0.4 is 0 Å². The molecule has 78 valence electrons. The summed E-state index contributed by atoms with van der Waals surface area (Å²) in [5.41, 5.74) is 0.780. The first-order chi connectivity index (χ1) is 6.72. The molecule has 1 aromatic heterocycles. The predicted molar refractivity (Wildman–Crippen MR) is 47.8 cm³/mol. The summed E-state index contributed by atoms with van der Waals surface area (Å²) in [6.45, 7) is 1.67. The highest BCUT2D eigenvalue weighted by Crippen LogP contribution is 2.05. The molecule has 0 saturated heterocycles. The standard InChI is InChI=1S/C8H13N3O3/c1-2-7(14-5-8(12)13)3-6-4-9-11-10-6/h4,7H,2-3,5H2,1H3,(H,12,13)(H,9,10,11). The molecule has 1 atom stereocenters. The second-order valence-corrected chi connectivity index (χ2v) is 2.90. The summed E-state index contributed by atoms with van der Waals surface area (Å²) in [7, 11) is 0. The third-order valence-corrected chi connectivity index (χ3v) is 1.80. The lowest BCUT2D eigenvalue weighted by Crippen LogP contribution is -2.19. The van der Waals surface area contributed by atoms with E-state index in [1.165, 1.54) is 0 Å². The maximum atomic E-state index is 10.3. The summed E-state index contributed by atoms with van der Waals surface area (Å²) in [5, 5.41) is 18.4. The second-order valence-electron chi connectivity index (χ2n) is 2.90. The minimum absolute atomic E-state index is 0.115. The van der Waals surface area contributed by atoms with Gasteiger partial charge in [0.05, 0.1) is 11.8 Å². The fourth-order valence-electron chi connectivity index (χ4n) is 1.07. The highest BCUT2D eigenvalue weighted by molar-refractivity contribution is 5.68. The van der Waals surface area contributed by atoms with Crippen LogP contribution in [0.5, 0.6) is 0 Å². The van der Waals surface area contributed by atoms with Gasteiger partial charge >= 0.3 is 5.97 Å². The number of carboxylic acid groups (broad SMARTS) is 1. The third-order valence-electron chi connectivity index (χ3n) is 1.80. The topological polar surface area (TPSA) is 88.1 Å². The van der Waals surface area contributed by atoms with Gasteiger partial charge in [0, 0.05) is 12.6 Å². The molecule has 0 radical (unpaired) electrons. The fraction of sp³-hybridized carbons (Fsp3) is 0.625. The van der Waals surface area contributed by atoms with Crippen molar-refractivity contribution in [2.45, 2.75) is 25.9 Å². The molecule has 1 unspecified atom stereocenters. The average molecular weight is 199 g/mol. The Labute approximate surface area is 81.3 Å². The zero-order valence-electron chi connectivity index (χ0n) is 7.93. The van der Waals surface area contributed by atoms with Crippen LogP contribution in [0.1, 0.15) is 19.0 Å². The van der Waals surface area contributed by atoms with Gasteiger partial charge in [-0.3, -0.25) is 5.10 Å². The number of carboxylic acids is 1. The lowest BCUT2D eigenvalue weighted by atomic mass is 10.1. The van der Waals surface area contributed by atoms with E-state index in [9.17, 15) is 4.79 Å². The number of carbonyl (C=O) groups is 1. The number of aromatic amines is 1. The number of nitrogens with one attached hydrogen (secondary N) is 1. The highest BCUT2D eigenvalue weighted by Gasteiger charge is 2.11. The van der Waals surface area contributed by atoms with Gasteiger partial charge in [0.1, 0.15) is 6.61 Å². The number of H-pyrrole nitrogens is 1. The van der Waals surface area contributed by atoms with E-state index < -0.39 is 5.97 Å². The number of hydrogen-bond acceptors (Lipinski definition) is 4. The van der Waals surface area contributed by atoms with Gasteiger partial charge < -0.3 is 9.84 Å². The normalized spacial score (nSPS) is 12.6. The molecule has 0 aromatic carbocycles. The van der Waals surface area contributed by atoms with Crippen LogP contribution >= 0.6 is 0 Å². The highest BCUT2D eigenvalue weighted by atomic mass is 16.5. The average Bonchev–Trinajstić information content (AvgIpc) is 2.64. The van der Waals surface area contributed by atoms with E-state index >= 15 is 0 Å². The number of aromatic nitrogens is 3. The molecule has 0 aliphatic rings. The van der Waals surface area contributed by atoms with E-state index in [0.29, 0.717) is 6.42 Å². The summed E-state index contributed by atoms with van der Waals surface area (Å²) >= 11 is 0. The molecule has 0 aliphatic carbocycles. The molecule has 1 rings (SSSR count). The number of nitrogens with zero attached hydrogens (tertiary/aromatic N) is 2. The summed E-state index contributed by atoms with van der Waals surface area (Å²) in [6, 6.07) is 0. The van der Waals surface area contributed by atoms with E-state index in [0.717, 1.165) is 12.1 Å². The molecule has 2 N–H and O–H groups in total. The molecule has 0 spiro atoms. The van der Waals surface area contributed by atoms with Gasteiger partial charge in [-0.1, -0.05) is 12.1 Å². The Morgan fingerprint density at radius 2 is 2.57 bits per heavy atom. The van der Waals surface area contributed by atoms with Crippen LogP contribution in [-0.4, -0.2) is 39.2 Å². The quantitative estimate of drug-likeness (QED) is 0.684. The minimum Gasteiger partial charge on any atom is -0.480 e. The lowest BCUT2D eigenvalue weighted by Gasteiger charge is -2.12. The van der Waals surface area contributed by atoms with E-state index in [1.807, 2.05) is 6.92 Å². The summed E-state index contributed by atoms with van der Waals surface area (Å²) in [4.78, 5) is 10.3. The molecule has 6 heteroatoms. The first-order valence-electron chi connectivity index (χ1n) is 4.41. The molecule has 14 heavy (non-hydrogen) atoms. The van der Waals surface area contributed by atoms with Crippen molar-refractivity contribution >= 4 is 5.97 Å². The van der Waals surface area contributed by atoms with Crippen molar-refractivity contribution in [1.82, 2.24) is 15.4 Å². The van der Waals surface area contributed by atoms with Crippen LogP contribution in [0.3, 0.4) is 0 Å². The molecule has 0 saturated carbocycles. The van der Waals surface area contributed by atoms with Crippen molar-refractivity contribution in [3.8, 4) is 0 Å².